The van der Waals surface area contributed by atoms with Gasteiger partial charge in [0.25, 0.3) is 5.56 Å². The minimum Gasteiger partial charge on any atom is -0.461 e. The molecule has 0 saturated carbocycles. The van der Waals surface area contributed by atoms with Crippen LogP contribution >= 0.6 is 0 Å². The second kappa shape index (κ2) is 6.75. The Balaban J connectivity index is 1.70. The van der Waals surface area contributed by atoms with Gasteiger partial charge in [0.05, 0.1) is 29.1 Å². The first-order valence-corrected chi connectivity index (χ1v) is 7.28. The molecule has 0 bridgehead atoms. The van der Waals surface area contributed by atoms with E-state index in [2.05, 4.69) is 10.2 Å². The number of nitrogens with zero attached hydrogens (tertiary/aromatic N) is 2. The van der Waals surface area contributed by atoms with E-state index >= 15 is 0 Å². The molecule has 0 saturated heterocycles. The third-order valence-electron chi connectivity index (χ3n) is 3.57. The Hall–Kier alpha value is -3.46. The fourth-order valence-corrected chi connectivity index (χ4v) is 2.33. The van der Waals surface area contributed by atoms with E-state index in [4.69, 9.17) is 10.00 Å². The maximum Gasteiger partial charge on any atom is 0.312 e. The van der Waals surface area contributed by atoms with Crippen LogP contribution in [0, 0.1) is 11.3 Å². The average Bonchev–Trinajstić information content (AvgIpc) is 2.63. The summed E-state index contributed by atoms with van der Waals surface area (Å²) >= 11 is 0. The van der Waals surface area contributed by atoms with E-state index in [0.29, 0.717) is 22.0 Å². The Kier molecular flexibility index (Phi) is 4.34. The van der Waals surface area contributed by atoms with Gasteiger partial charge < -0.3 is 4.74 Å². The van der Waals surface area contributed by atoms with Gasteiger partial charge in [-0.1, -0.05) is 30.3 Å². The highest BCUT2D eigenvalue weighted by Gasteiger charge is 2.11. The van der Waals surface area contributed by atoms with Crippen LogP contribution in [-0.4, -0.2) is 16.2 Å². The lowest BCUT2D eigenvalue weighted by molar-refractivity contribution is -0.144. The van der Waals surface area contributed by atoms with Crippen molar-refractivity contribution in [2.24, 2.45) is 0 Å². The molecule has 1 N–H and O–H groups in total. The maximum atomic E-state index is 12.0. The molecule has 1 heterocycles. The molecule has 0 aliphatic carbocycles. The summed E-state index contributed by atoms with van der Waals surface area (Å²) in [6.07, 6.45) is -0.0342. The number of carbonyl (C=O) groups excluding carboxylic acids is 1. The van der Waals surface area contributed by atoms with Crippen molar-refractivity contribution < 1.29 is 9.53 Å². The molecule has 24 heavy (non-hydrogen) atoms. The van der Waals surface area contributed by atoms with Crippen molar-refractivity contribution in [3.63, 3.8) is 0 Å². The van der Waals surface area contributed by atoms with Crippen LogP contribution in [-0.2, 0) is 22.6 Å². The van der Waals surface area contributed by atoms with E-state index < -0.39 is 5.97 Å². The average molecular weight is 319 g/mol. The smallest absolute Gasteiger partial charge is 0.312 e. The summed E-state index contributed by atoms with van der Waals surface area (Å²) in [6, 6.07) is 15.8. The van der Waals surface area contributed by atoms with E-state index in [1.165, 1.54) is 0 Å². The molecule has 0 aliphatic heterocycles. The maximum absolute atomic E-state index is 12.0. The van der Waals surface area contributed by atoms with Crippen LogP contribution in [0.3, 0.4) is 0 Å². The number of esters is 1. The normalized spacial score (nSPS) is 10.3. The summed E-state index contributed by atoms with van der Waals surface area (Å²) in [5, 5.41) is 16.2. The molecular formula is C18H13N3O3. The van der Waals surface area contributed by atoms with Gasteiger partial charge in [-0.15, -0.1) is 0 Å². The fraction of sp³-hybridized carbons (Fsp3) is 0.111. The van der Waals surface area contributed by atoms with Gasteiger partial charge >= 0.3 is 5.97 Å². The van der Waals surface area contributed by atoms with Crippen molar-refractivity contribution >= 4 is 16.7 Å². The number of hydrogen-bond acceptors (Lipinski definition) is 5. The third-order valence-corrected chi connectivity index (χ3v) is 3.57. The largest absolute Gasteiger partial charge is 0.461 e. The van der Waals surface area contributed by atoms with Crippen molar-refractivity contribution in [3.8, 4) is 6.07 Å². The number of nitrogens with one attached hydrogen (secondary N) is 1. The quantitative estimate of drug-likeness (QED) is 0.743. The zero-order valence-electron chi connectivity index (χ0n) is 12.7. The molecule has 0 unspecified atom stereocenters. The number of aromatic amines is 1. The van der Waals surface area contributed by atoms with Gasteiger partial charge in [-0.05, 0) is 23.8 Å². The molecular weight excluding hydrogens is 306 g/mol. The predicted molar refractivity (Wildman–Crippen MR) is 87.0 cm³/mol. The van der Waals surface area contributed by atoms with Crippen molar-refractivity contribution in [1.29, 1.82) is 5.26 Å². The molecule has 3 rings (SSSR count). The van der Waals surface area contributed by atoms with Crippen LogP contribution in [0.4, 0.5) is 0 Å². The lowest BCUT2D eigenvalue weighted by atomic mass is 10.1. The minimum absolute atomic E-state index is 0.0342. The first-order chi connectivity index (χ1) is 11.7. The summed E-state index contributed by atoms with van der Waals surface area (Å²) in [4.78, 5) is 23.8. The number of H-pyrrole nitrogens is 1. The molecule has 1 aromatic heterocycles. The number of rotatable bonds is 4. The Bertz CT molecular complexity index is 985. The topological polar surface area (TPSA) is 95.8 Å². The van der Waals surface area contributed by atoms with Gasteiger partial charge in [0, 0.05) is 5.39 Å². The Morgan fingerprint density at radius 1 is 1.12 bits per heavy atom. The molecule has 6 nitrogen and oxygen atoms in total. The third kappa shape index (κ3) is 3.31. The lowest BCUT2D eigenvalue weighted by Crippen LogP contribution is -2.15. The summed E-state index contributed by atoms with van der Waals surface area (Å²) in [6.45, 7) is 0.117. The Labute approximate surface area is 137 Å². The number of ether oxygens (including phenoxy) is 1. The Morgan fingerprint density at radius 2 is 1.83 bits per heavy atom. The van der Waals surface area contributed by atoms with E-state index in [0.717, 1.165) is 5.56 Å². The van der Waals surface area contributed by atoms with Gasteiger partial charge in [0.2, 0.25) is 0 Å². The highest BCUT2D eigenvalue weighted by atomic mass is 16.5. The molecule has 0 amide bonds. The second-order valence-electron chi connectivity index (χ2n) is 5.19. The van der Waals surface area contributed by atoms with Crippen LogP contribution in [0.2, 0.25) is 0 Å². The lowest BCUT2D eigenvalue weighted by Gasteiger charge is -2.06. The van der Waals surface area contributed by atoms with Crippen LogP contribution in [0.15, 0.2) is 53.3 Å². The summed E-state index contributed by atoms with van der Waals surface area (Å²) in [5.74, 6) is -0.441. The number of fused-ring (bicyclic) bond motifs is 1. The Morgan fingerprint density at radius 3 is 2.54 bits per heavy atom. The number of carbonyl (C=O) groups is 1. The predicted octanol–water partition coefficient (Wildman–Crippen LogP) is 2.08. The molecule has 2 aromatic carbocycles. The number of benzene rings is 2. The van der Waals surface area contributed by atoms with Crippen LogP contribution in [0.1, 0.15) is 16.8 Å². The van der Waals surface area contributed by atoms with Crippen molar-refractivity contribution in [2.45, 2.75) is 13.0 Å². The molecule has 0 fully saturated rings. The van der Waals surface area contributed by atoms with Crippen LogP contribution < -0.4 is 5.56 Å². The number of nitriles is 1. The van der Waals surface area contributed by atoms with Crippen LogP contribution in [0.5, 0.6) is 0 Å². The first kappa shape index (κ1) is 15.4. The molecule has 0 aliphatic rings. The highest BCUT2D eigenvalue weighted by molar-refractivity contribution is 5.86. The number of hydrogen-bond donors (Lipinski definition) is 1. The molecule has 6 heteroatoms. The van der Waals surface area contributed by atoms with E-state index in [1.54, 1.807) is 48.5 Å². The summed E-state index contributed by atoms with van der Waals surface area (Å²) < 4.78 is 5.23. The molecule has 3 aromatic rings. The molecule has 0 atom stereocenters. The zero-order valence-corrected chi connectivity index (χ0v) is 12.7. The van der Waals surface area contributed by atoms with E-state index in [1.807, 2.05) is 6.07 Å². The molecule has 0 radical (unpaired) electrons. The van der Waals surface area contributed by atoms with Gasteiger partial charge in [0.15, 0.2) is 0 Å². The van der Waals surface area contributed by atoms with Gasteiger partial charge in [-0.3, -0.25) is 9.59 Å². The second-order valence-corrected chi connectivity index (χ2v) is 5.19. The van der Waals surface area contributed by atoms with Gasteiger partial charge in [-0.25, -0.2) is 5.10 Å². The number of aromatic nitrogens is 2. The van der Waals surface area contributed by atoms with Crippen molar-refractivity contribution in [3.05, 3.63) is 75.7 Å². The summed E-state index contributed by atoms with van der Waals surface area (Å²) in [7, 11) is 0. The van der Waals surface area contributed by atoms with Crippen molar-refractivity contribution in [2.75, 3.05) is 0 Å². The SMILES string of the molecule is N#Cc1ccc(COC(=O)Cc2n[nH]c(=O)c3ccccc23)cc1. The molecule has 0 spiro atoms. The summed E-state index contributed by atoms with van der Waals surface area (Å²) in [5.41, 5.74) is 1.52. The molecule has 118 valence electrons. The van der Waals surface area contributed by atoms with Gasteiger partial charge in [0.1, 0.15) is 6.61 Å². The van der Waals surface area contributed by atoms with E-state index in [-0.39, 0.29) is 18.6 Å². The monoisotopic (exact) mass is 319 g/mol. The van der Waals surface area contributed by atoms with Crippen LogP contribution in [0.25, 0.3) is 10.8 Å². The highest BCUT2D eigenvalue weighted by Crippen LogP contribution is 2.13. The zero-order chi connectivity index (χ0) is 16.9. The fourth-order valence-electron chi connectivity index (χ4n) is 2.33. The van der Waals surface area contributed by atoms with Gasteiger partial charge in [-0.2, -0.15) is 10.4 Å². The minimum atomic E-state index is -0.441. The van der Waals surface area contributed by atoms with E-state index in [9.17, 15) is 9.59 Å². The first-order valence-electron chi connectivity index (χ1n) is 7.28. The standard InChI is InChI=1S/C18H13N3O3/c19-10-12-5-7-13(8-6-12)11-24-17(22)9-16-14-3-1-2-4-15(14)18(23)21-20-16/h1-8H,9,11H2,(H,21,23). The van der Waals surface area contributed by atoms with Crippen molar-refractivity contribution in [1.82, 2.24) is 10.2 Å².